The molecule has 4 N–H and O–H groups in total. The zero-order valence-electron chi connectivity index (χ0n) is 74.7. The van der Waals surface area contributed by atoms with Gasteiger partial charge in [0.25, 0.3) is 0 Å². The molecule has 18 heteroatoms. The van der Waals surface area contributed by atoms with Crippen molar-refractivity contribution in [1.82, 2.24) is 0 Å². The normalized spacial score (nSPS) is 14.6. The third-order valence-corrected chi connectivity index (χ3v) is 21.2. The fourth-order valence-electron chi connectivity index (χ4n) is 12.3. The minimum absolute atomic E-state index is 0.0802. The summed E-state index contributed by atoms with van der Waals surface area (Å²) in [6.07, 6.45) is 122. The predicted octanol–water partition coefficient (Wildman–Crippen LogP) is 29.0. The first-order chi connectivity index (χ1) is 58.2. The van der Waals surface area contributed by atoms with Crippen molar-refractivity contribution in [2.45, 2.75) is 386 Å². The van der Waals surface area contributed by atoms with E-state index < -0.39 is 91.5 Å². The van der Waals surface area contributed by atoms with E-state index in [4.69, 9.17) is 32.3 Å². The fourth-order valence-corrected chi connectivity index (χ4v) is 13.9. The second-order valence-electron chi connectivity index (χ2n) is 30.7. The molecule has 0 fully saturated rings. The lowest BCUT2D eigenvalue weighted by atomic mass is 10.0. The summed E-state index contributed by atoms with van der Waals surface area (Å²) in [5.74, 6) is -1.59. The number of rotatable bonds is 87. The monoisotopic (exact) mass is 1700 g/mol. The van der Waals surface area contributed by atoms with Gasteiger partial charge in [-0.15, -0.1) is 0 Å². The van der Waals surface area contributed by atoms with Crippen LogP contribution in [0.15, 0.2) is 194 Å². The van der Waals surface area contributed by atoms with E-state index in [0.29, 0.717) is 19.3 Å². The van der Waals surface area contributed by atoms with Crippen LogP contribution in [-0.4, -0.2) is 95.9 Å². The first-order valence-corrected chi connectivity index (χ1v) is 49.7. The van der Waals surface area contributed by atoms with Crippen molar-refractivity contribution in [3.05, 3.63) is 194 Å². The number of phosphoric ester groups is 2. The minimum Gasteiger partial charge on any atom is -0.463 e. The van der Waals surface area contributed by atoms with Crippen LogP contribution in [0.2, 0.25) is 0 Å². The van der Waals surface area contributed by atoms with Crippen molar-refractivity contribution in [2.75, 3.05) is 39.6 Å². The average molecular weight is 1700 g/mol. The molecule has 0 aliphatic carbocycles. The molecule has 0 aliphatic heterocycles. The van der Waals surface area contributed by atoms with Crippen LogP contribution >= 0.6 is 15.6 Å². The van der Waals surface area contributed by atoms with Gasteiger partial charge < -0.3 is 34.2 Å². The number of ether oxygens (including phenoxy) is 3. The van der Waals surface area contributed by atoms with Gasteiger partial charge in [-0.25, -0.2) is 9.13 Å². The molecule has 0 spiro atoms. The van der Waals surface area contributed by atoms with E-state index in [9.17, 15) is 43.5 Å². The fraction of sp³-hybridized carbons (Fsp3) is 0.653. The average Bonchev–Trinajstić information content (AvgIpc) is 0.905. The minimum atomic E-state index is -4.95. The van der Waals surface area contributed by atoms with E-state index in [1.807, 2.05) is 0 Å². The molecule has 0 aromatic heterocycles. The molecule has 0 aromatic carbocycles. The quantitative estimate of drug-likeness (QED) is 0.0146. The van der Waals surface area contributed by atoms with Crippen LogP contribution in [0.25, 0.3) is 0 Å². The Morgan fingerprint density at radius 2 is 0.420 bits per heavy atom. The van der Waals surface area contributed by atoms with Gasteiger partial charge in [0, 0.05) is 19.3 Å². The maximum Gasteiger partial charge on any atom is 0.472 e. The second kappa shape index (κ2) is 91.6. The Bertz CT molecular complexity index is 2940. The first-order valence-electron chi connectivity index (χ1n) is 46.7. The SMILES string of the molecule is CC/C=C\C/C=C\C/C=C\C/C=C\C/C=C\C/C=C\CCCCCCCCC(=O)OC(COC(=O)CCCCCCCCCCCCC/C=C\C/C=C\C/C=C\C/C=C\C/C=C\CC)COP(=O)(O)OCC(O)COP(=O)(O)OCC(O)COC(=O)CCCCCCCCCCCCCCCCC/C=C\C/C=C\C/C=C\C/C=C\C/C=C\CC. The number of allylic oxidation sites excluding steroid dienone is 32. The molecule has 0 aliphatic rings. The molecule has 0 amide bonds. The zero-order chi connectivity index (χ0) is 86.5. The number of carbonyl (C=O) groups excluding carboxylic acids is 3. The predicted molar refractivity (Wildman–Crippen MR) is 500 cm³/mol. The largest absolute Gasteiger partial charge is 0.472 e. The van der Waals surface area contributed by atoms with E-state index in [2.05, 4.69) is 215 Å². The number of phosphoric acid groups is 2. The Morgan fingerprint density at radius 1 is 0.235 bits per heavy atom. The summed E-state index contributed by atoms with van der Waals surface area (Å²) >= 11 is 0. The lowest BCUT2D eigenvalue weighted by molar-refractivity contribution is -0.161. The summed E-state index contributed by atoms with van der Waals surface area (Å²) in [6.45, 7) is 2.35. The summed E-state index contributed by atoms with van der Waals surface area (Å²) in [5.41, 5.74) is 0. The van der Waals surface area contributed by atoms with E-state index >= 15 is 0 Å². The van der Waals surface area contributed by atoms with Gasteiger partial charge in [0.1, 0.15) is 25.4 Å². The maximum atomic E-state index is 13.1. The number of hydrogen-bond donors (Lipinski definition) is 4. The molecule has 119 heavy (non-hydrogen) atoms. The topological polar surface area (TPSA) is 231 Å². The van der Waals surface area contributed by atoms with Crippen molar-refractivity contribution >= 4 is 33.6 Å². The molecule has 0 saturated heterocycles. The third kappa shape index (κ3) is 92.9. The molecule has 0 radical (unpaired) electrons. The summed E-state index contributed by atoms with van der Waals surface area (Å²) in [4.78, 5) is 59.1. The van der Waals surface area contributed by atoms with Crippen LogP contribution in [-0.2, 0) is 55.8 Å². The molecule has 0 bridgehead atoms. The van der Waals surface area contributed by atoms with Gasteiger partial charge in [-0.05, 0) is 161 Å². The van der Waals surface area contributed by atoms with Crippen molar-refractivity contribution in [2.24, 2.45) is 0 Å². The maximum absolute atomic E-state index is 13.1. The van der Waals surface area contributed by atoms with Crippen LogP contribution < -0.4 is 0 Å². The van der Waals surface area contributed by atoms with Crippen LogP contribution in [0.5, 0.6) is 0 Å². The molecule has 0 aromatic rings. The van der Waals surface area contributed by atoms with Gasteiger partial charge in [-0.1, -0.05) is 382 Å². The van der Waals surface area contributed by atoms with Gasteiger partial charge in [0.15, 0.2) is 6.10 Å². The highest BCUT2D eigenvalue weighted by Crippen LogP contribution is 2.45. The van der Waals surface area contributed by atoms with Crippen LogP contribution in [0.3, 0.4) is 0 Å². The lowest BCUT2D eigenvalue weighted by Gasteiger charge is -2.21. The Kier molecular flexibility index (Phi) is 87.3. The number of esters is 3. The molecule has 0 heterocycles. The van der Waals surface area contributed by atoms with Crippen molar-refractivity contribution in [1.29, 1.82) is 0 Å². The van der Waals surface area contributed by atoms with Crippen molar-refractivity contribution < 1.29 is 75.8 Å². The Balaban J connectivity index is 4.65. The lowest BCUT2D eigenvalue weighted by Crippen LogP contribution is -2.30. The highest BCUT2D eigenvalue weighted by molar-refractivity contribution is 7.47. The first kappa shape index (κ1) is 113. The number of aliphatic hydroxyl groups is 2. The Labute approximate surface area is 725 Å². The molecule has 678 valence electrons. The smallest absolute Gasteiger partial charge is 0.463 e. The van der Waals surface area contributed by atoms with E-state index in [1.165, 1.54) is 116 Å². The summed E-state index contributed by atoms with van der Waals surface area (Å²) in [5, 5.41) is 20.8. The van der Waals surface area contributed by atoms with Gasteiger partial charge in [-0.3, -0.25) is 32.5 Å². The van der Waals surface area contributed by atoms with Crippen LogP contribution in [0, 0.1) is 0 Å². The highest BCUT2D eigenvalue weighted by Gasteiger charge is 2.29. The summed E-state index contributed by atoms with van der Waals surface area (Å²) in [7, 11) is -9.83. The van der Waals surface area contributed by atoms with Crippen molar-refractivity contribution in [3.63, 3.8) is 0 Å². The van der Waals surface area contributed by atoms with Crippen LogP contribution in [0.4, 0.5) is 0 Å². The van der Waals surface area contributed by atoms with Crippen molar-refractivity contribution in [3.8, 4) is 0 Å². The molecule has 5 unspecified atom stereocenters. The van der Waals surface area contributed by atoms with Gasteiger partial charge in [-0.2, -0.15) is 0 Å². The summed E-state index contributed by atoms with van der Waals surface area (Å²) in [6, 6.07) is 0. The van der Waals surface area contributed by atoms with Crippen LogP contribution in [0.1, 0.15) is 367 Å². The zero-order valence-corrected chi connectivity index (χ0v) is 76.5. The number of hydrogen-bond acceptors (Lipinski definition) is 14. The van der Waals surface area contributed by atoms with Gasteiger partial charge >= 0.3 is 33.6 Å². The Hall–Kier alpha value is -5.61. The second-order valence-corrected chi connectivity index (χ2v) is 33.6. The van der Waals surface area contributed by atoms with E-state index in [-0.39, 0.29) is 19.3 Å². The Morgan fingerprint density at radius 3 is 0.664 bits per heavy atom. The number of carbonyl (C=O) groups is 3. The highest BCUT2D eigenvalue weighted by atomic mass is 31.2. The third-order valence-electron chi connectivity index (χ3n) is 19.3. The molecule has 5 atom stereocenters. The van der Waals surface area contributed by atoms with E-state index in [1.54, 1.807) is 0 Å². The number of aliphatic hydroxyl groups excluding tert-OH is 2. The summed E-state index contributed by atoms with van der Waals surface area (Å²) < 4.78 is 61.5. The van der Waals surface area contributed by atoms with Gasteiger partial charge in [0.2, 0.25) is 0 Å². The van der Waals surface area contributed by atoms with Gasteiger partial charge in [0.05, 0.1) is 26.4 Å². The molecule has 0 rings (SSSR count). The number of unbranched alkanes of at least 4 members (excludes halogenated alkanes) is 32. The molecular formula is C101H168O16P2. The molecule has 0 saturated carbocycles. The standard InChI is InChI=1S/C101H168O16P2/c1-4-7-10-13-16-19-22-25-28-31-34-37-40-43-45-46-47-48-50-53-54-57-60-63-66-69-72-75-78-81-84-87-99(104)111-90-96(102)91-113-118(107,108)114-92-97(103)93-115-119(109,110)116-95-98(117-101(106)89-86-83-80-77-74-71-68-65-62-59-56-51-42-39-36-33-30-27-24-21-18-15-12-9-6-3)94-112-100(105)88-85-82-79-76-73-70-67-64-61-58-55-52-49-44-41-38-35-32-29-26-23-20-17-14-11-8-5-2/h7-12,16-21,25-30,34-39,43-45,49,51,56,62,65,96-98,102-103H,4-6,13-15,22-24,31-33,40-42,46-48,50,52-55,57-61,63-64,66-95H2,1-3H3,(H,107,108)(H,109,110)/b10-7-,11-8-,12-9-,19-16-,20-17-,21-18-,28-25-,29-26-,30-27-,37-34-,38-35-,39-36-,45-43-,49-44-,56-51-,65-62-. The molecular weight excluding hydrogens is 1530 g/mol. The molecule has 16 nitrogen and oxygen atoms in total. The van der Waals surface area contributed by atoms with E-state index in [0.717, 1.165) is 193 Å².